The molecule has 1 heterocycles. The van der Waals surface area contributed by atoms with Gasteiger partial charge in [-0.2, -0.15) is 0 Å². The fraction of sp³-hybridized carbons (Fsp3) is 0.310. The lowest BCUT2D eigenvalue weighted by Gasteiger charge is -2.30. The molecule has 178 valence electrons. The molecule has 1 fully saturated rings. The molecular formula is C29H31F3N2. The molecule has 4 rings (SSSR count). The SMILES string of the molecule is C[C@H](c1ccc(F)cc1)N(CC=C(c1ccc(F)cc1)c1ccc(F)cc1)CCN1CCCC1. The molecule has 3 aromatic rings. The van der Waals surface area contributed by atoms with Crippen molar-refractivity contribution < 1.29 is 13.2 Å². The van der Waals surface area contributed by atoms with Gasteiger partial charge in [0.15, 0.2) is 0 Å². The Morgan fingerprint density at radius 2 is 1.26 bits per heavy atom. The molecule has 0 spiro atoms. The normalized spacial score (nSPS) is 15.0. The van der Waals surface area contributed by atoms with Crippen molar-refractivity contribution in [2.75, 3.05) is 32.7 Å². The minimum Gasteiger partial charge on any atom is -0.302 e. The quantitative estimate of drug-likeness (QED) is 0.348. The molecule has 1 aliphatic rings. The van der Waals surface area contributed by atoms with Gasteiger partial charge in [0.05, 0.1) is 0 Å². The van der Waals surface area contributed by atoms with Gasteiger partial charge in [-0.05, 0) is 91.5 Å². The lowest BCUT2D eigenvalue weighted by molar-refractivity contribution is 0.197. The first-order valence-electron chi connectivity index (χ1n) is 11.9. The van der Waals surface area contributed by atoms with Crippen LogP contribution in [0, 0.1) is 17.5 Å². The van der Waals surface area contributed by atoms with E-state index in [1.165, 1.54) is 49.2 Å². The highest BCUT2D eigenvalue weighted by molar-refractivity contribution is 5.79. The Kier molecular flexibility index (Phi) is 8.20. The van der Waals surface area contributed by atoms with E-state index in [2.05, 4.69) is 22.8 Å². The number of nitrogens with zero attached hydrogens (tertiary/aromatic N) is 2. The predicted octanol–water partition coefficient (Wildman–Crippen LogP) is 6.69. The van der Waals surface area contributed by atoms with Crippen LogP contribution in [-0.2, 0) is 0 Å². The Morgan fingerprint density at radius 3 is 1.76 bits per heavy atom. The number of halogens is 3. The zero-order chi connectivity index (χ0) is 23.9. The van der Waals surface area contributed by atoms with E-state index in [1.807, 2.05) is 12.1 Å². The van der Waals surface area contributed by atoms with Crippen molar-refractivity contribution in [3.05, 3.63) is 113 Å². The molecule has 0 radical (unpaired) electrons. The average molecular weight is 465 g/mol. The average Bonchev–Trinajstić information content (AvgIpc) is 3.37. The first-order valence-corrected chi connectivity index (χ1v) is 11.9. The maximum atomic E-state index is 13.6. The van der Waals surface area contributed by atoms with E-state index in [-0.39, 0.29) is 23.5 Å². The third-order valence-electron chi connectivity index (χ3n) is 6.64. The third-order valence-corrected chi connectivity index (χ3v) is 6.64. The van der Waals surface area contributed by atoms with Gasteiger partial charge in [0.1, 0.15) is 17.5 Å². The summed E-state index contributed by atoms with van der Waals surface area (Å²) >= 11 is 0. The number of benzene rings is 3. The maximum Gasteiger partial charge on any atom is 0.123 e. The molecule has 0 saturated carbocycles. The molecule has 0 aliphatic carbocycles. The van der Waals surface area contributed by atoms with Crippen molar-refractivity contribution in [3.63, 3.8) is 0 Å². The van der Waals surface area contributed by atoms with Crippen LogP contribution in [0.5, 0.6) is 0 Å². The van der Waals surface area contributed by atoms with Crippen molar-refractivity contribution in [2.24, 2.45) is 0 Å². The van der Waals surface area contributed by atoms with E-state index in [4.69, 9.17) is 0 Å². The van der Waals surface area contributed by atoms with Gasteiger partial charge in [0.25, 0.3) is 0 Å². The molecule has 0 amide bonds. The summed E-state index contributed by atoms with van der Waals surface area (Å²) in [6.07, 6.45) is 4.61. The summed E-state index contributed by atoms with van der Waals surface area (Å²) in [6.45, 7) is 6.89. The lowest BCUT2D eigenvalue weighted by atomic mass is 9.97. The smallest absolute Gasteiger partial charge is 0.123 e. The molecule has 1 saturated heterocycles. The predicted molar refractivity (Wildman–Crippen MR) is 132 cm³/mol. The van der Waals surface area contributed by atoms with Crippen LogP contribution in [0.3, 0.4) is 0 Å². The second-order valence-electron chi connectivity index (χ2n) is 8.90. The largest absolute Gasteiger partial charge is 0.302 e. The van der Waals surface area contributed by atoms with E-state index in [9.17, 15) is 13.2 Å². The van der Waals surface area contributed by atoms with Crippen LogP contribution in [0.1, 0.15) is 42.5 Å². The van der Waals surface area contributed by atoms with Gasteiger partial charge < -0.3 is 4.90 Å². The second-order valence-corrected chi connectivity index (χ2v) is 8.90. The second kappa shape index (κ2) is 11.5. The van der Waals surface area contributed by atoms with Crippen molar-refractivity contribution in [1.82, 2.24) is 9.80 Å². The lowest BCUT2D eigenvalue weighted by Crippen LogP contribution is -2.35. The highest BCUT2D eigenvalue weighted by atomic mass is 19.1. The first-order chi connectivity index (χ1) is 16.5. The summed E-state index contributed by atoms with van der Waals surface area (Å²) in [7, 11) is 0. The van der Waals surface area contributed by atoms with Crippen molar-refractivity contribution in [2.45, 2.75) is 25.8 Å². The molecule has 0 bridgehead atoms. The van der Waals surface area contributed by atoms with Gasteiger partial charge in [0.2, 0.25) is 0 Å². The molecule has 0 unspecified atom stereocenters. The minimum absolute atomic E-state index is 0.0853. The molecular weight excluding hydrogens is 433 g/mol. The number of hydrogen-bond acceptors (Lipinski definition) is 2. The zero-order valence-electron chi connectivity index (χ0n) is 19.6. The van der Waals surface area contributed by atoms with Crippen molar-refractivity contribution >= 4 is 5.57 Å². The Labute approximate surface area is 200 Å². The van der Waals surface area contributed by atoms with Crippen LogP contribution in [0.2, 0.25) is 0 Å². The monoisotopic (exact) mass is 464 g/mol. The first kappa shape index (κ1) is 24.2. The summed E-state index contributed by atoms with van der Waals surface area (Å²) in [6, 6.07) is 19.6. The number of likely N-dealkylation sites (tertiary alicyclic amines) is 1. The summed E-state index contributed by atoms with van der Waals surface area (Å²) in [5.74, 6) is -0.826. The van der Waals surface area contributed by atoms with Crippen LogP contribution >= 0.6 is 0 Å². The Bertz CT molecular complexity index is 1020. The molecule has 2 nitrogen and oxygen atoms in total. The third kappa shape index (κ3) is 6.37. The van der Waals surface area contributed by atoms with Crippen LogP contribution in [0.25, 0.3) is 5.57 Å². The summed E-state index contributed by atoms with van der Waals surface area (Å²) in [4.78, 5) is 4.85. The highest BCUT2D eigenvalue weighted by Crippen LogP contribution is 2.26. The summed E-state index contributed by atoms with van der Waals surface area (Å²) in [5, 5.41) is 0. The van der Waals surface area contributed by atoms with Gasteiger partial charge >= 0.3 is 0 Å². The van der Waals surface area contributed by atoms with Crippen LogP contribution < -0.4 is 0 Å². The maximum absolute atomic E-state index is 13.6. The van der Waals surface area contributed by atoms with Crippen LogP contribution in [0.4, 0.5) is 13.2 Å². The summed E-state index contributed by atoms with van der Waals surface area (Å²) in [5.41, 5.74) is 3.74. The van der Waals surface area contributed by atoms with Gasteiger partial charge in [0, 0.05) is 25.7 Å². The summed E-state index contributed by atoms with van der Waals surface area (Å²) < 4.78 is 40.7. The molecule has 0 N–H and O–H groups in total. The molecule has 1 atom stereocenters. The molecule has 1 aliphatic heterocycles. The molecule has 5 heteroatoms. The van der Waals surface area contributed by atoms with Crippen LogP contribution in [0.15, 0.2) is 78.9 Å². The Hall–Kier alpha value is -2.89. The van der Waals surface area contributed by atoms with Crippen LogP contribution in [-0.4, -0.2) is 42.5 Å². The fourth-order valence-electron chi connectivity index (χ4n) is 4.54. The van der Waals surface area contributed by atoms with E-state index in [1.54, 1.807) is 24.3 Å². The standard InChI is InChI=1S/C29H31F3N2/c1-22(23-4-10-26(30)11-5-23)34(21-20-33-17-2-3-18-33)19-16-29(24-6-12-27(31)13-7-24)25-8-14-28(32)15-9-25/h4-16,22H,2-3,17-21H2,1H3/t22-/m1/s1. The van der Waals surface area contributed by atoms with Gasteiger partial charge in [-0.1, -0.05) is 42.5 Å². The van der Waals surface area contributed by atoms with Crippen molar-refractivity contribution in [3.8, 4) is 0 Å². The number of rotatable bonds is 9. The highest BCUT2D eigenvalue weighted by Gasteiger charge is 2.19. The molecule has 0 aromatic heterocycles. The minimum atomic E-state index is -0.292. The molecule has 34 heavy (non-hydrogen) atoms. The number of hydrogen-bond donors (Lipinski definition) is 0. The van der Waals surface area contributed by atoms with E-state index < -0.39 is 0 Å². The van der Waals surface area contributed by atoms with Gasteiger partial charge in [-0.15, -0.1) is 0 Å². The van der Waals surface area contributed by atoms with E-state index >= 15 is 0 Å². The fourth-order valence-corrected chi connectivity index (χ4v) is 4.54. The zero-order valence-corrected chi connectivity index (χ0v) is 19.6. The molecule has 3 aromatic carbocycles. The van der Waals surface area contributed by atoms with E-state index in [0.717, 1.165) is 48.4 Å². The van der Waals surface area contributed by atoms with Crippen molar-refractivity contribution in [1.29, 1.82) is 0 Å². The van der Waals surface area contributed by atoms with Gasteiger partial charge in [-0.3, -0.25) is 4.90 Å². The Morgan fingerprint density at radius 1 is 0.794 bits per heavy atom. The van der Waals surface area contributed by atoms with Gasteiger partial charge in [-0.25, -0.2) is 13.2 Å². The van der Waals surface area contributed by atoms with E-state index in [0.29, 0.717) is 6.54 Å². The topological polar surface area (TPSA) is 6.48 Å². The Balaban J connectivity index is 1.62.